The van der Waals surface area contributed by atoms with Crippen LogP contribution in [0.5, 0.6) is 17.2 Å². The van der Waals surface area contributed by atoms with Gasteiger partial charge in [0.2, 0.25) is 0 Å². The van der Waals surface area contributed by atoms with E-state index in [0.29, 0.717) is 34.6 Å². The van der Waals surface area contributed by atoms with Gasteiger partial charge in [0.05, 0.1) is 18.0 Å². The number of nitrogens with one attached hydrogen (secondary N) is 2. The second kappa shape index (κ2) is 9.05. The van der Waals surface area contributed by atoms with Crippen molar-refractivity contribution in [3.05, 3.63) is 47.8 Å². The van der Waals surface area contributed by atoms with Gasteiger partial charge >= 0.3 is 0 Å². The van der Waals surface area contributed by atoms with Gasteiger partial charge in [-0.3, -0.25) is 14.9 Å². The second-order valence-corrected chi connectivity index (χ2v) is 7.60. The van der Waals surface area contributed by atoms with Crippen molar-refractivity contribution in [2.75, 3.05) is 23.8 Å². The Hall–Kier alpha value is -3.59. The number of nitrogens with zero attached hydrogens (tertiary/aromatic N) is 1. The summed E-state index contributed by atoms with van der Waals surface area (Å²) in [6.07, 6.45) is -0.524. The zero-order valence-electron chi connectivity index (χ0n) is 17.0. The van der Waals surface area contributed by atoms with Gasteiger partial charge in [0.15, 0.2) is 17.8 Å². The fraction of sp³-hybridized carbons (Fsp3) is 0.227. The number of fused-ring (bicyclic) bond motifs is 1. The van der Waals surface area contributed by atoms with Crippen molar-refractivity contribution < 1.29 is 23.8 Å². The molecule has 0 saturated carbocycles. The number of thiazole rings is 1. The third-order valence-electron chi connectivity index (χ3n) is 4.46. The summed E-state index contributed by atoms with van der Waals surface area (Å²) in [7, 11) is 0. The number of benzene rings is 2. The minimum absolute atomic E-state index is 0.136. The van der Waals surface area contributed by atoms with Crippen molar-refractivity contribution >= 4 is 34.0 Å². The van der Waals surface area contributed by atoms with Gasteiger partial charge in [-0.1, -0.05) is 0 Å². The highest BCUT2D eigenvalue weighted by Crippen LogP contribution is 2.34. The summed E-state index contributed by atoms with van der Waals surface area (Å²) in [5.41, 5.74) is 2.09. The fourth-order valence-electron chi connectivity index (χ4n) is 2.93. The van der Waals surface area contributed by atoms with Crippen LogP contribution in [0.15, 0.2) is 47.8 Å². The Balaban J connectivity index is 1.35. The van der Waals surface area contributed by atoms with Crippen LogP contribution in [0.25, 0.3) is 11.3 Å². The van der Waals surface area contributed by atoms with E-state index in [-0.39, 0.29) is 18.4 Å². The molecule has 1 aliphatic heterocycles. The maximum atomic E-state index is 12.2. The molecule has 2 heterocycles. The maximum absolute atomic E-state index is 12.2. The molecule has 1 atom stereocenters. The van der Waals surface area contributed by atoms with Gasteiger partial charge in [-0.15, -0.1) is 11.3 Å². The summed E-state index contributed by atoms with van der Waals surface area (Å²) < 4.78 is 16.4. The first-order chi connectivity index (χ1) is 15.0. The highest BCUT2D eigenvalue weighted by atomic mass is 32.1. The lowest BCUT2D eigenvalue weighted by molar-refractivity contribution is -0.122. The van der Waals surface area contributed by atoms with E-state index in [0.717, 1.165) is 11.3 Å². The summed E-state index contributed by atoms with van der Waals surface area (Å²) >= 11 is 1.31. The van der Waals surface area contributed by atoms with Crippen molar-refractivity contribution in [2.45, 2.75) is 20.0 Å². The van der Waals surface area contributed by atoms with E-state index >= 15 is 0 Å². The van der Waals surface area contributed by atoms with E-state index in [9.17, 15) is 9.59 Å². The third kappa shape index (κ3) is 4.95. The predicted octanol–water partition coefficient (Wildman–Crippen LogP) is 3.95. The molecule has 1 aromatic heterocycles. The first-order valence-corrected chi connectivity index (χ1v) is 10.6. The molecule has 0 spiro atoms. The molecule has 0 aliphatic carbocycles. The number of aromatic nitrogens is 1. The number of ether oxygens (including phenoxy) is 3. The summed E-state index contributed by atoms with van der Waals surface area (Å²) in [6, 6.07) is 12.5. The quantitative estimate of drug-likeness (QED) is 0.579. The summed E-state index contributed by atoms with van der Waals surface area (Å²) in [4.78, 5) is 28.5. The average Bonchev–Trinajstić information content (AvgIpc) is 3.22. The van der Waals surface area contributed by atoms with Crippen LogP contribution in [0, 0.1) is 0 Å². The van der Waals surface area contributed by atoms with Crippen LogP contribution in [0.1, 0.15) is 13.8 Å². The normalized spacial score (nSPS) is 14.8. The molecule has 2 aromatic carbocycles. The maximum Gasteiger partial charge on any atom is 0.265 e. The summed E-state index contributed by atoms with van der Waals surface area (Å²) in [5, 5.41) is 7.84. The molecule has 0 radical (unpaired) electrons. The second-order valence-electron chi connectivity index (χ2n) is 6.74. The van der Waals surface area contributed by atoms with Gasteiger partial charge in [-0.2, -0.15) is 0 Å². The van der Waals surface area contributed by atoms with Crippen molar-refractivity contribution in [3.8, 4) is 28.5 Å². The molecule has 2 amide bonds. The SMILES string of the molecule is CCOc1ccc(OCC(=O)Nc2nc(-c3ccc4c(c3)NC(=O)C(C)O4)cs2)cc1. The minimum Gasteiger partial charge on any atom is -0.494 e. The number of carbonyl (C=O) groups is 2. The Kier molecular flexibility index (Phi) is 6.03. The lowest BCUT2D eigenvalue weighted by Gasteiger charge is -2.23. The largest absolute Gasteiger partial charge is 0.494 e. The van der Waals surface area contributed by atoms with E-state index in [1.807, 2.05) is 18.4 Å². The predicted molar refractivity (Wildman–Crippen MR) is 118 cm³/mol. The topological polar surface area (TPSA) is 98.8 Å². The van der Waals surface area contributed by atoms with Gasteiger partial charge in [-0.05, 0) is 56.3 Å². The highest BCUT2D eigenvalue weighted by Gasteiger charge is 2.24. The zero-order chi connectivity index (χ0) is 21.8. The van der Waals surface area contributed by atoms with Gasteiger partial charge < -0.3 is 19.5 Å². The van der Waals surface area contributed by atoms with Crippen molar-refractivity contribution in [1.29, 1.82) is 0 Å². The van der Waals surface area contributed by atoms with Crippen LogP contribution in [0.3, 0.4) is 0 Å². The molecule has 9 heteroatoms. The van der Waals surface area contributed by atoms with E-state index in [1.54, 1.807) is 43.3 Å². The first-order valence-electron chi connectivity index (χ1n) is 9.75. The molecule has 0 saturated heterocycles. The Labute approximate surface area is 183 Å². The zero-order valence-corrected chi connectivity index (χ0v) is 17.8. The van der Waals surface area contributed by atoms with Crippen LogP contribution >= 0.6 is 11.3 Å². The number of hydrogen-bond acceptors (Lipinski definition) is 7. The number of amides is 2. The molecule has 0 fully saturated rings. The standard InChI is InChI=1S/C22H21N3O5S/c1-3-28-15-5-7-16(8-6-15)29-11-20(26)25-22-24-18(12-31-22)14-4-9-19-17(10-14)23-21(27)13(2)30-19/h4-10,12-13H,3,11H2,1-2H3,(H,23,27)(H,24,25,26). The molecule has 0 bridgehead atoms. The van der Waals surface area contributed by atoms with Gasteiger partial charge in [0.25, 0.3) is 11.8 Å². The van der Waals surface area contributed by atoms with Gasteiger partial charge in [0, 0.05) is 10.9 Å². The molecule has 2 N–H and O–H groups in total. The molecule has 3 aromatic rings. The Morgan fingerprint density at radius 3 is 2.68 bits per heavy atom. The van der Waals surface area contributed by atoms with E-state index in [2.05, 4.69) is 15.6 Å². The summed E-state index contributed by atoms with van der Waals surface area (Å²) in [6.45, 7) is 4.06. The molecular weight excluding hydrogens is 418 g/mol. The number of carbonyl (C=O) groups excluding carboxylic acids is 2. The third-order valence-corrected chi connectivity index (χ3v) is 5.22. The highest BCUT2D eigenvalue weighted by molar-refractivity contribution is 7.14. The molecule has 1 unspecified atom stereocenters. The van der Waals surface area contributed by atoms with Gasteiger partial charge in [0.1, 0.15) is 17.2 Å². The Bertz CT molecular complexity index is 1100. The first kappa shape index (κ1) is 20.7. The van der Waals surface area contributed by atoms with Crippen LogP contribution in [0.2, 0.25) is 0 Å². The van der Waals surface area contributed by atoms with Crippen LogP contribution in [-0.2, 0) is 9.59 Å². The molecule has 31 heavy (non-hydrogen) atoms. The number of anilines is 2. The Morgan fingerprint density at radius 2 is 1.94 bits per heavy atom. The Morgan fingerprint density at radius 1 is 1.19 bits per heavy atom. The van der Waals surface area contributed by atoms with E-state index < -0.39 is 6.10 Å². The van der Waals surface area contributed by atoms with Crippen molar-refractivity contribution in [3.63, 3.8) is 0 Å². The van der Waals surface area contributed by atoms with E-state index in [4.69, 9.17) is 14.2 Å². The lowest BCUT2D eigenvalue weighted by atomic mass is 10.1. The van der Waals surface area contributed by atoms with Crippen molar-refractivity contribution in [2.24, 2.45) is 0 Å². The van der Waals surface area contributed by atoms with Crippen LogP contribution in [0.4, 0.5) is 10.8 Å². The number of hydrogen-bond donors (Lipinski definition) is 2. The number of rotatable bonds is 7. The van der Waals surface area contributed by atoms with Crippen molar-refractivity contribution in [1.82, 2.24) is 4.98 Å². The fourth-order valence-corrected chi connectivity index (χ4v) is 3.67. The van der Waals surface area contributed by atoms with Crippen LogP contribution in [-0.4, -0.2) is 36.1 Å². The molecule has 160 valence electrons. The average molecular weight is 439 g/mol. The molecule has 4 rings (SSSR count). The van der Waals surface area contributed by atoms with E-state index in [1.165, 1.54) is 11.3 Å². The molecular formula is C22H21N3O5S. The summed E-state index contributed by atoms with van der Waals surface area (Å²) in [5.74, 6) is 1.44. The van der Waals surface area contributed by atoms with Crippen LogP contribution < -0.4 is 24.8 Å². The van der Waals surface area contributed by atoms with Gasteiger partial charge in [-0.25, -0.2) is 4.98 Å². The lowest BCUT2D eigenvalue weighted by Crippen LogP contribution is -2.34. The minimum atomic E-state index is -0.524. The molecule has 1 aliphatic rings. The molecule has 8 nitrogen and oxygen atoms in total. The monoisotopic (exact) mass is 439 g/mol. The smallest absolute Gasteiger partial charge is 0.265 e.